The van der Waals surface area contributed by atoms with Gasteiger partial charge in [0, 0.05) is 53.9 Å². The quantitative estimate of drug-likeness (QED) is 0.0622. The van der Waals surface area contributed by atoms with Gasteiger partial charge in [0.15, 0.2) is 15.6 Å². The summed E-state index contributed by atoms with van der Waals surface area (Å²) in [6, 6.07) is 9.03. The van der Waals surface area contributed by atoms with E-state index < -0.39 is 49.8 Å². The summed E-state index contributed by atoms with van der Waals surface area (Å²) in [5.41, 5.74) is 4.07. The van der Waals surface area contributed by atoms with Gasteiger partial charge in [-0.15, -0.1) is 11.3 Å². The molecule has 5 rings (SSSR count). The molecule has 1 aliphatic rings. The Morgan fingerprint density at radius 1 is 0.838 bits per heavy atom. The molecule has 3 heterocycles. The van der Waals surface area contributed by atoms with Crippen molar-refractivity contribution in [3.8, 4) is 5.75 Å². The predicted octanol–water partition coefficient (Wildman–Crippen LogP) is 6.31. The van der Waals surface area contributed by atoms with E-state index in [-0.39, 0.29) is 93.5 Å². The molecule has 2 aromatic heterocycles. The number of sulfone groups is 1. The molecule has 0 unspecified atom stereocenters. The summed E-state index contributed by atoms with van der Waals surface area (Å²) in [5.74, 6) is -1.64. The van der Waals surface area contributed by atoms with Crippen molar-refractivity contribution in [1.29, 1.82) is 0 Å². The van der Waals surface area contributed by atoms with Gasteiger partial charge >= 0.3 is 0 Å². The molecule has 1 radical (unpaired) electrons. The zero-order valence-electron chi connectivity index (χ0n) is 41.0. The molecule has 68 heavy (non-hydrogen) atoms. The highest BCUT2D eigenvalue weighted by molar-refractivity contribution is 7.92. The number of benzene rings is 2. The van der Waals surface area contributed by atoms with Gasteiger partial charge in [0.2, 0.25) is 17.7 Å². The fourth-order valence-corrected chi connectivity index (χ4v) is 9.23. The highest BCUT2D eigenvalue weighted by Gasteiger charge is 2.46. The van der Waals surface area contributed by atoms with Crippen LogP contribution in [0.5, 0.6) is 5.75 Å². The third kappa shape index (κ3) is 14.4. The predicted molar refractivity (Wildman–Crippen MR) is 263 cm³/mol. The summed E-state index contributed by atoms with van der Waals surface area (Å²) in [7, 11) is -3.83. The van der Waals surface area contributed by atoms with E-state index in [2.05, 4.69) is 25.9 Å². The number of hydrogen-bond acceptors (Lipinski definition) is 15. The Labute approximate surface area is 404 Å². The second-order valence-electron chi connectivity index (χ2n) is 19.2. The van der Waals surface area contributed by atoms with Gasteiger partial charge < -0.3 is 44.5 Å². The molecule has 0 aliphatic carbocycles. The van der Waals surface area contributed by atoms with Gasteiger partial charge in [0.25, 0.3) is 0 Å². The van der Waals surface area contributed by atoms with Crippen LogP contribution in [0.4, 0.5) is 11.4 Å². The molecule has 3 amide bonds. The van der Waals surface area contributed by atoms with Gasteiger partial charge in [0.1, 0.15) is 35.9 Å². The number of likely N-dealkylation sites (tertiary alicyclic amines) is 1. The normalized spacial score (nSPS) is 16.5. The summed E-state index contributed by atoms with van der Waals surface area (Å²) in [6.45, 7) is 19.5. The Balaban J connectivity index is 1.02. The molecule has 1 aliphatic heterocycles. The Morgan fingerprint density at radius 2 is 1.49 bits per heavy atom. The highest BCUT2D eigenvalue weighted by atomic mass is 32.2. The fourth-order valence-electron chi connectivity index (χ4n) is 7.26. The van der Waals surface area contributed by atoms with Gasteiger partial charge in [-0.05, 0) is 75.8 Å². The number of carbonyl (C=O) groups is 4. The average Bonchev–Trinajstić information content (AvgIpc) is 3.95. The number of ketones is 1. The lowest BCUT2D eigenvalue weighted by atomic mass is 9.85. The molecule has 0 bridgehead atoms. The van der Waals surface area contributed by atoms with Crippen molar-refractivity contribution in [2.45, 2.75) is 103 Å². The van der Waals surface area contributed by atoms with Gasteiger partial charge in [0.05, 0.1) is 72.2 Å². The Bertz CT molecular complexity index is 2470. The molecular weight excluding hydrogens is 913 g/mol. The van der Waals surface area contributed by atoms with Gasteiger partial charge in [-0.25, -0.2) is 13.4 Å². The number of rotatable bonds is 25. The number of ether oxygens (including phenoxy) is 5. The average molecular weight is 982 g/mol. The van der Waals surface area contributed by atoms with Crippen LogP contribution in [-0.2, 0) is 48.0 Å². The highest BCUT2D eigenvalue weighted by Crippen LogP contribution is 2.38. The van der Waals surface area contributed by atoms with E-state index in [1.54, 1.807) is 68.9 Å². The van der Waals surface area contributed by atoms with Crippen LogP contribution in [0.1, 0.15) is 75.7 Å². The third-order valence-corrected chi connectivity index (χ3v) is 15.1. The van der Waals surface area contributed by atoms with E-state index in [1.165, 1.54) is 11.3 Å². The molecule has 0 spiro atoms. The number of amides is 3. The molecular formula is C49H69N6O11S2. The number of pyridine rings is 1. The minimum absolute atomic E-state index is 0.0371. The first-order valence-corrected chi connectivity index (χ1v) is 25.4. The summed E-state index contributed by atoms with van der Waals surface area (Å²) < 4.78 is 56.2. The van der Waals surface area contributed by atoms with Crippen molar-refractivity contribution in [3.05, 3.63) is 54.5 Å². The maximum absolute atomic E-state index is 14.0. The van der Waals surface area contributed by atoms with E-state index in [0.717, 1.165) is 15.9 Å². The number of fused-ring (bicyclic) bond motifs is 2. The minimum atomic E-state index is -3.83. The van der Waals surface area contributed by atoms with Gasteiger partial charge in [-0.2, -0.15) is 0 Å². The van der Waals surface area contributed by atoms with Crippen molar-refractivity contribution >= 4 is 77.2 Å². The number of thiazole rings is 1. The molecule has 373 valence electrons. The number of aromatic nitrogens is 2. The molecule has 1 fully saturated rings. The molecule has 17 nitrogen and oxygen atoms in total. The molecule has 1 saturated heterocycles. The Kier molecular flexibility index (Phi) is 19.2. The number of Topliss-reactive ketones (excluding diaryl/α,β-unsaturated/α-hetero) is 1. The van der Waals surface area contributed by atoms with Gasteiger partial charge in [-0.3, -0.25) is 24.2 Å². The Hall–Kier alpha value is -4.79. The maximum Gasteiger partial charge on any atom is 0.246 e. The summed E-state index contributed by atoms with van der Waals surface area (Å²) >= 11 is 1.56. The number of anilines is 2. The molecule has 4 aromatic rings. The van der Waals surface area contributed by atoms with Crippen LogP contribution >= 0.6 is 11.3 Å². The molecule has 19 heteroatoms. The molecule has 4 atom stereocenters. The SMILES string of the molecule is C[CH]C(=O)N[C@H](C(=O)N1C[C@@H](C(=O)COCCOCCOCCOCCOc2cc3nccc(Nc4ccc5scnc5c4)c3cc2S(=O)(=O)C(C)(C)C)C[C@H]1C(=O)N[C@H](C)C(C)C)C(C)(C)C. The number of carbonyl (C=O) groups excluding carboxylic acids is 4. The van der Waals surface area contributed by atoms with Crippen LogP contribution < -0.4 is 20.7 Å². The third-order valence-electron chi connectivity index (χ3n) is 11.7. The lowest BCUT2D eigenvalue weighted by molar-refractivity contribution is -0.143. The van der Waals surface area contributed by atoms with E-state index >= 15 is 0 Å². The van der Waals surface area contributed by atoms with Crippen LogP contribution in [0.25, 0.3) is 21.1 Å². The summed E-state index contributed by atoms with van der Waals surface area (Å²) in [4.78, 5) is 63.5. The second-order valence-corrected chi connectivity index (χ2v) is 22.8. The van der Waals surface area contributed by atoms with E-state index in [4.69, 9.17) is 23.7 Å². The van der Waals surface area contributed by atoms with Crippen LogP contribution in [0.3, 0.4) is 0 Å². The minimum Gasteiger partial charge on any atom is -0.490 e. The van der Waals surface area contributed by atoms with Crippen molar-refractivity contribution in [3.63, 3.8) is 0 Å². The lowest BCUT2D eigenvalue weighted by Crippen LogP contribution is -2.58. The second kappa shape index (κ2) is 24.2. The van der Waals surface area contributed by atoms with Crippen LogP contribution in [0, 0.1) is 23.7 Å². The standard InChI is InChI=1S/C49H69N6O11S2/c1-11-44(57)54-45(48(5,6)7)47(59)55-28-33(24-39(55)46(58)52-32(4)31(2)3)40(56)29-65-21-20-63-17-16-62-18-19-64-22-23-66-41-27-37-35(26-43(41)68(60,61)49(8,9)10)36(14-15-50-37)53-34-12-13-42-38(25-34)51-30-67-42/h11-15,25-27,30-33,39,45H,16-24,28-29H2,1-10H3,(H,50,53)(H,52,58)(H,54,57)/t32-,33+,39+,45-/m1/s1. The van der Waals surface area contributed by atoms with Crippen LogP contribution in [0.15, 0.2) is 53.0 Å². The topological polar surface area (TPSA) is 214 Å². The van der Waals surface area contributed by atoms with Crippen molar-refractivity contribution in [2.75, 3.05) is 71.3 Å². The van der Waals surface area contributed by atoms with E-state index in [1.807, 2.05) is 59.7 Å². The first kappa shape index (κ1) is 54.2. The van der Waals surface area contributed by atoms with Crippen LogP contribution in [0.2, 0.25) is 0 Å². The number of nitrogens with one attached hydrogen (secondary N) is 3. The smallest absolute Gasteiger partial charge is 0.246 e. The van der Waals surface area contributed by atoms with Gasteiger partial charge in [-0.1, -0.05) is 41.5 Å². The number of nitrogens with zero attached hydrogens (tertiary/aromatic N) is 3. The Morgan fingerprint density at radius 3 is 2.10 bits per heavy atom. The lowest BCUT2D eigenvalue weighted by Gasteiger charge is -2.35. The van der Waals surface area contributed by atoms with Crippen LogP contribution in [-0.4, -0.2) is 136 Å². The van der Waals surface area contributed by atoms with Crippen molar-refractivity contribution < 1.29 is 51.3 Å². The molecule has 3 N–H and O–H groups in total. The molecule has 0 saturated carbocycles. The first-order valence-electron chi connectivity index (χ1n) is 23.1. The zero-order chi connectivity index (χ0) is 49.8. The maximum atomic E-state index is 14.0. The summed E-state index contributed by atoms with van der Waals surface area (Å²) in [6.07, 6.45) is 3.15. The van der Waals surface area contributed by atoms with E-state index in [0.29, 0.717) is 29.8 Å². The van der Waals surface area contributed by atoms with Crippen molar-refractivity contribution in [1.82, 2.24) is 25.5 Å². The first-order chi connectivity index (χ1) is 32.1. The monoisotopic (exact) mass is 981 g/mol. The summed E-state index contributed by atoms with van der Waals surface area (Å²) in [5, 5.41) is 9.79. The van der Waals surface area contributed by atoms with E-state index in [9.17, 15) is 27.6 Å². The van der Waals surface area contributed by atoms with Crippen molar-refractivity contribution in [2.24, 2.45) is 17.3 Å². The number of hydrogen-bond donors (Lipinski definition) is 3. The zero-order valence-corrected chi connectivity index (χ0v) is 42.6. The molecule has 2 aromatic carbocycles. The fraction of sp³-hybridized carbons (Fsp3) is 0.571. The largest absolute Gasteiger partial charge is 0.490 e.